The van der Waals surface area contributed by atoms with E-state index in [4.69, 9.17) is 0 Å². The molecule has 0 fully saturated rings. The molecule has 0 rings (SSSR count). The predicted octanol–water partition coefficient (Wildman–Crippen LogP) is 3.04. The van der Waals surface area contributed by atoms with Gasteiger partial charge in [-0.3, -0.25) is 4.79 Å². The number of allylic oxidation sites excluding steroid dienone is 5. The van der Waals surface area contributed by atoms with E-state index in [-0.39, 0.29) is 5.78 Å². The lowest BCUT2D eigenvalue weighted by atomic mass is 10.1. The average Bonchev–Trinajstić information content (AvgIpc) is 1.83. The van der Waals surface area contributed by atoms with Crippen molar-refractivity contribution in [3.8, 4) is 0 Å². The lowest BCUT2D eigenvalue weighted by Gasteiger charge is -1.97. The largest absolute Gasteiger partial charge is 0.295 e. The summed E-state index contributed by atoms with van der Waals surface area (Å²) < 4.78 is 0. The normalized spacial score (nSPS) is 10.8. The minimum atomic E-state index is 0.0826. The van der Waals surface area contributed by atoms with Crippen LogP contribution in [-0.4, -0.2) is 5.78 Å². The van der Waals surface area contributed by atoms with Crippen molar-refractivity contribution in [2.45, 2.75) is 27.7 Å². The Kier molecular flexibility index (Phi) is 4.27. The van der Waals surface area contributed by atoms with Crippen LogP contribution in [0, 0.1) is 0 Å². The first-order valence-corrected chi connectivity index (χ1v) is 3.96. The number of carbonyl (C=O) groups is 1. The van der Waals surface area contributed by atoms with Crippen LogP contribution in [0.25, 0.3) is 0 Å². The monoisotopic (exact) mass is 164 g/mol. The molecule has 66 valence electrons. The lowest BCUT2D eigenvalue weighted by molar-refractivity contribution is -0.113. The molecule has 0 saturated heterocycles. The van der Waals surface area contributed by atoms with Crippen LogP contribution >= 0.6 is 0 Å². The van der Waals surface area contributed by atoms with Crippen LogP contribution in [0.1, 0.15) is 27.7 Å². The van der Waals surface area contributed by atoms with Crippen LogP contribution in [-0.2, 0) is 4.79 Å². The number of hydrogen-bond donors (Lipinski definition) is 0. The Morgan fingerprint density at radius 1 is 1.08 bits per heavy atom. The van der Waals surface area contributed by atoms with E-state index in [1.807, 2.05) is 26.8 Å². The van der Waals surface area contributed by atoms with Gasteiger partial charge < -0.3 is 0 Å². The first kappa shape index (κ1) is 10.9. The van der Waals surface area contributed by atoms with Crippen LogP contribution in [0.2, 0.25) is 0 Å². The summed E-state index contributed by atoms with van der Waals surface area (Å²) in [5.74, 6) is 0.0826. The second-order valence-electron chi connectivity index (χ2n) is 3.22. The van der Waals surface area contributed by atoms with E-state index in [0.29, 0.717) is 0 Å². The van der Waals surface area contributed by atoms with Gasteiger partial charge >= 0.3 is 0 Å². The standard InChI is InChI=1S/C11H16O/c1-8(2)6-11(10(5)12)7-9(3)4/h6-7H,1H2,2-5H3/b11-6+. The lowest BCUT2D eigenvalue weighted by Crippen LogP contribution is -1.93. The second kappa shape index (κ2) is 4.70. The van der Waals surface area contributed by atoms with Crippen LogP contribution in [0.15, 0.2) is 35.5 Å². The van der Waals surface area contributed by atoms with E-state index in [0.717, 1.165) is 16.7 Å². The maximum absolute atomic E-state index is 11.1. The van der Waals surface area contributed by atoms with Gasteiger partial charge in [0, 0.05) is 5.57 Å². The van der Waals surface area contributed by atoms with Crippen molar-refractivity contribution >= 4 is 5.78 Å². The third kappa shape index (κ3) is 4.67. The van der Waals surface area contributed by atoms with Crippen molar-refractivity contribution in [2.75, 3.05) is 0 Å². The van der Waals surface area contributed by atoms with E-state index in [1.165, 1.54) is 0 Å². The van der Waals surface area contributed by atoms with Gasteiger partial charge in [-0.15, -0.1) is 0 Å². The van der Waals surface area contributed by atoms with Crippen molar-refractivity contribution in [1.29, 1.82) is 0 Å². The molecular formula is C11H16O. The Bertz CT molecular complexity index is 250. The van der Waals surface area contributed by atoms with Crippen molar-refractivity contribution < 1.29 is 4.79 Å². The summed E-state index contributed by atoms with van der Waals surface area (Å²) in [6.07, 6.45) is 3.67. The Hall–Kier alpha value is -1.11. The summed E-state index contributed by atoms with van der Waals surface area (Å²) in [7, 11) is 0. The van der Waals surface area contributed by atoms with Gasteiger partial charge in [-0.25, -0.2) is 0 Å². The van der Waals surface area contributed by atoms with Crippen molar-refractivity contribution in [3.63, 3.8) is 0 Å². The minimum absolute atomic E-state index is 0.0826. The van der Waals surface area contributed by atoms with Crippen LogP contribution in [0.3, 0.4) is 0 Å². The summed E-state index contributed by atoms with van der Waals surface area (Å²) in [4.78, 5) is 11.1. The molecule has 0 radical (unpaired) electrons. The van der Waals surface area contributed by atoms with Crippen molar-refractivity contribution in [3.05, 3.63) is 35.5 Å². The van der Waals surface area contributed by atoms with Gasteiger partial charge in [0.1, 0.15) is 0 Å². The molecule has 0 aromatic carbocycles. The molecule has 0 N–H and O–H groups in total. The highest BCUT2D eigenvalue weighted by molar-refractivity contribution is 5.96. The second-order valence-corrected chi connectivity index (χ2v) is 3.22. The minimum Gasteiger partial charge on any atom is -0.295 e. The van der Waals surface area contributed by atoms with E-state index in [2.05, 4.69) is 6.58 Å². The molecule has 12 heavy (non-hydrogen) atoms. The zero-order valence-electron chi connectivity index (χ0n) is 8.27. The summed E-state index contributed by atoms with van der Waals surface area (Å²) in [6.45, 7) is 11.1. The summed E-state index contributed by atoms with van der Waals surface area (Å²) in [5, 5.41) is 0. The van der Waals surface area contributed by atoms with Crippen LogP contribution < -0.4 is 0 Å². The SMILES string of the molecule is C=C(C)/C=C(\C=C(C)C)C(C)=O. The van der Waals surface area contributed by atoms with Gasteiger partial charge in [-0.2, -0.15) is 0 Å². The summed E-state index contributed by atoms with van der Waals surface area (Å²) >= 11 is 0. The molecule has 1 heteroatoms. The number of hydrogen-bond acceptors (Lipinski definition) is 1. The highest BCUT2D eigenvalue weighted by Gasteiger charge is 1.98. The fourth-order valence-electron chi connectivity index (χ4n) is 0.821. The topological polar surface area (TPSA) is 17.1 Å². The quantitative estimate of drug-likeness (QED) is 0.463. The van der Waals surface area contributed by atoms with Gasteiger partial charge in [0.2, 0.25) is 0 Å². The van der Waals surface area contributed by atoms with E-state index in [1.54, 1.807) is 13.0 Å². The molecule has 0 aliphatic rings. The Labute approximate surface area is 74.5 Å². The van der Waals surface area contributed by atoms with E-state index < -0.39 is 0 Å². The van der Waals surface area contributed by atoms with E-state index >= 15 is 0 Å². The van der Waals surface area contributed by atoms with Gasteiger partial charge in [-0.05, 0) is 33.8 Å². The molecule has 0 heterocycles. The smallest absolute Gasteiger partial charge is 0.159 e. The zero-order valence-corrected chi connectivity index (χ0v) is 8.27. The molecule has 0 aliphatic heterocycles. The predicted molar refractivity (Wildman–Crippen MR) is 53.0 cm³/mol. The highest BCUT2D eigenvalue weighted by Crippen LogP contribution is 2.06. The molecule has 0 atom stereocenters. The molecule has 1 nitrogen and oxygen atoms in total. The van der Waals surface area contributed by atoms with Crippen LogP contribution in [0.4, 0.5) is 0 Å². The third-order valence-electron chi connectivity index (χ3n) is 1.25. The summed E-state index contributed by atoms with van der Waals surface area (Å²) in [6, 6.07) is 0. The fourth-order valence-corrected chi connectivity index (χ4v) is 0.821. The number of ketones is 1. The Morgan fingerprint density at radius 3 is 1.83 bits per heavy atom. The van der Waals surface area contributed by atoms with Crippen LogP contribution in [0.5, 0.6) is 0 Å². The Morgan fingerprint density at radius 2 is 1.58 bits per heavy atom. The van der Waals surface area contributed by atoms with E-state index in [9.17, 15) is 4.79 Å². The molecule has 0 aromatic heterocycles. The Balaban J connectivity index is 4.81. The molecule has 0 amide bonds. The molecular weight excluding hydrogens is 148 g/mol. The maximum Gasteiger partial charge on any atom is 0.159 e. The molecule has 0 spiro atoms. The van der Waals surface area contributed by atoms with Crippen molar-refractivity contribution in [2.24, 2.45) is 0 Å². The van der Waals surface area contributed by atoms with Gasteiger partial charge in [0.25, 0.3) is 0 Å². The average molecular weight is 164 g/mol. The van der Waals surface area contributed by atoms with Crippen molar-refractivity contribution in [1.82, 2.24) is 0 Å². The van der Waals surface area contributed by atoms with Gasteiger partial charge in [0.15, 0.2) is 5.78 Å². The third-order valence-corrected chi connectivity index (χ3v) is 1.25. The number of rotatable bonds is 3. The maximum atomic E-state index is 11.1. The first-order chi connectivity index (χ1) is 5.43. The first-order valence-electron chi connectivity index (χ1n) is 3.96. The highest BCUT2D eigenvalue weighted by atomic mass is 16.1. The zero-order chi connectivity index (χ0) is 9.72. The molecule has 0 unspecified atom stereocenters. The summed E-state index contributed by atoms with van der Waals surface area (Å²) in [5.41, 5.74) is 2.75. The molecule has 0 bridgehead atoms. The number of carbonyl (C=O) groups excluding carboxylic acids is 1. The molecule has 0 aromatic rings. The van der Waals surface area contributed by atoms with Gasteiger partial charge in [0.05, 0.1) is 0 Å². The fraction of sp³-hybridized carbons (Fsp3) is 0.364. The molecule has 0 aliphatic carbocycles. The van der Waals surface area contributed by atoms with Gasteiger partial charge in [-0.1, -0.05) is 23.8 Å². The number of Topliss-reactive ketones (excluding diaryl/α,β-unsaturated/α-hetero) is 1. The molecule has 0 saturated carbocycles.